The van der Waals surface area contributed by atoms with Crippen LogP contribution in [-0.2, 0) is 12.8 Å². The van der Waals surface area contributed by atoms with E-state index in [1.807, 2.05) is 25.1 Å². The van der Waals surface area contributed by atoms with Gasteiger partial charge in [0.15, 0.2) is 0 Å². The van der Waals surface area contributed by atoms with E-state index in [-0.39, 0.29) is 0 Å². The molecule has 1 aliphatic carbocycles. The Morgan fingerprint density at radius 1 is 1.00 bits per heavy atom. The summed E-state index contributed by atoms with van der Waals surface area (Å²) in [4.78, 5) is 10.0. The first kappa shape index (κ1) is 17.7. The quantitative estimate of drug-likeness (QED) is 0.401. The fraction of sp³-hybridized carbons (Fsp3) is 0.217. The maximum atomic E-state index is 6.30. The minimum atomic E-state index is 0.746. The van der Waals surface area contributed by atoms with Gasteiger partial charge in [-0.1, -0.05) is 35.9 Å². The molecule has 5 rings (SSSR count). The third-order valence-corrected chi connectivity index (χ3v) is 6.76. The van der Waals surface area contributed by atoms with Crippen molar-refractivity contribution in [3.8, 4) is 11.1 Å². The van der Waals surface area contributed by atoms with Crippen molar-refractivity contribution in [1.82, 2.24) is 9.97 Å². The van der Waals surface area contributed by atoms with Crippen molar-refractivity contribution < 1.29 is 0 Å². The maximum Gasteiger partial charge on any atom is 0.143 e. The summed E-state index contributed by atoms with van der Waals surface area (Å²) in [5.74, 6) is 0.818. The molecule has 1 aliphatic rings. The van der Waals surface area contributed by atoms with E-state index in [9.17, 15) is 0 Å². The third kappa shape index (κ3) is 3.17. The first-order valence-corrected chi connectivity index (χ1v) is 10.8. The number of hydrogen-bond acceptors (Lipinski definition) is 4. The highest BCUT2D eigenvalue weighted by Gasteiger charge is 2.16. The normalized spacial score (nSPS) is 13.5. The first-order valence-electron chi connectivity index (χ1n) is 9.56. The molecule has 3 nitrogen and oxygen atoms in total. The zero-order valence-electron chi connectivity index (χ0n) is 15.6. The number of rotatable bonds is 3. The van der Waals surface area contributed by atoms with Gasteiger partial charge in [-0.15, -0.1) is 11.3 Å². The van der Waals surface area contributed by atoms with Crippen molar-refractivity contribution in [2.45, 2.75) is 32.6 Å². The maximum absolute atomic E-state index is 6.30. The van der Waals surface area contributed by atoms with Crippen LogP contribution in [0, 0.1) is 6.92 Å². The van der Waals surface area contributed by atoms with Gasteiger partial charge in [0.2, 0.25) is 0 Å². The van der Waals surface area contributed by atoms with E-state index < -0.39 is 0 Å². The van der Waals surface area contributed by atoms with Crippen LogP contribution in [0.3, 0.4) is 0 Å². The third-order valence-electron chi connectivity index (χ3n) is 5.46. The van der Waals surface area contributed by atoms with Crippen LogP contribution in [0.2, 0.25) is 5.02 Å². The number of nitrogens with one attached hydrogen (secondary N) is 1. The molecular weight excluding hydrogens is 386 g/mol. The Kier molecular flexibility index (Phi) is 4.53. The first-order chi connectivity index (χ1) is 13.7. The highest BCUT2D eigenvalue weighted by Crippen LogP contribution is 2.39. The number of hydrogen-bond donors (Lipinski definition) is 1. The number of thiophene rings is 1. The minimum Gasteiger partial charge on any atom is -0.340 e. The van der Waals surface area contributed by atoms with Gasteiger partial charge in [-0.2, -0.15) is 0 Å². The average molecular weight is 406 g/mol. The second-order valence-corrected chi connectivity index (χ2v) is 8.60. The van der Waals surface area contributed by atoms with Crippen LogP contribution in [0.1, 0.15) is 29.5 Å². The molecule has 0 aliphatic heterocycles. The smallest absolute Gasteiger partial charge is 0.143 e. The summed E-state index contributed by atoms with van der Waals surface area (Å²) in [5, 5.41) is 7.45. The van der Waals surface area contributed by atoms with E-state index in [1.54, 1.807) is 17.7 Å². The van der Waals surface area contributed by atoms with Crippen molar-refractivity contribution in [2.75, 3.05) is 5.32 Å². The van der Waals surface area contributed by atoms with Crippen LogP contribution in [0.15, 0.2) is 48.1 Å². The monoisotopic (exact) mass is 405 g/mol. The van der Waals surface area contributed by atoms with E-state index in [1.165, 1.54) is 47.9 Å². The van der Waals surface area contributed by atoms with Crippen LogP contribution in [0.5, 0.6) is 0 Å². The lowest BCUT2D eigenvalue weighted by Gasteiger charge is -2.16. The Hall–Kier alpha value is -2.43. The Bertz CT molecular complexity index is 1180. The van der Waals surface area contributed by atoms with Gasteiger partial charge < -0.3 is 5.32 Å². The molecule has 2 heterocycles. The summed E-state index contributed by atoms with van der Waals surface area (Å²) in [6.45, 7) is 2.00. The number of benzene rings is 2. The van der Waals surface area contributed by atoms with E-state index in [0.29, 0.717) is 0 Å². The summed E-state index contributed by atoms with van der Waals surface area (Å²) in [6, 6.07) is 12.9. The number of aromatic nitrogens is 2. The number of anilines is 2. The van der Waals surface area contributed by atoms with Gasteiger partial charge in [0, 0.05) is 21.7 Å². The summed E-state index contributed by atoms with van der Waals surface area (Å²) in [7, 11) is 0. The Balaban J connectivity index is 1.60. The van der Waals surface area contributed by atoms with Crippen molar-refractivity contribution in [1.29, 1.82) is 0 Å². The minimum absolute atomic E-state index is 0.746. The fourth-order valence-electron chi connectivity index (χ4n) is 3.89. The zero-order chi connectivity index (χ0) is 19.1. The molecule has 0 saturated carbocycles. The lowest BCUT2D eigenvalue weighted by Crippen LogP contribution is -2.02. The molecule has 0 bridgehead atoms. The number of aryl methyl sites for hydroxylation is 3. The average Bonchev–Trinajstić information content (AvgIpc) is 3.16. The molecule has 0 radical (unpaired) electrons. The molecule has 0 amide bonds. The lowest BCUT2D eigenvalue weighted by molar-refractivity contribution is 0.686. The van der Waals surface area contributed by atoms with E-state index >= 15 is 0 Å². The highest BCUT2D eigenvalue weighted by atomic mass is 35.5. The molecule has 2 aromatic carbocycles. The van der Waals surface area contributed by atoms with Crippen molar-refractivity contribution >= 4 is 44.7 Å². The molecule has 4 aromatic rings. The number of fused-ring (bicyclic) bond motifs is 2. The molecule has 0 saturated heterocycles. The Labute approximate surface area is 173 Å². The van der Waals surface area contributed by atoms with Crippen molar-refractivity contribution in [2.24, 2.45) is 0 Å². The van der Waals surface area contributed by atoms with Gasteiger partial charge in [0.1, 0.15) is 17.0 Å². The lowest BCUT2D eigenvalue weighted by atomic mass is 9.89. The zero-order valence-corrected chi connectivity index (χ0v) is 17.2. The molecule has 0 unspecified atom stereocenters. The summed E-state index contributed by atoms with van der Waals surface area (Å²) >= 11 is 7.96. The molecule has 2 aromatic heterocycles. The van der Waals surface area contributed by atoms with Gasteiger partial charge in [-0.3, -0.25) is 0 Å². The van der Waals surface area contributed by atoms with Gasteiger partial charge in [-0.05, 0) is 67.0 Å². The predicted molar refractivity (Wildman–Crippen MR) is 119 cm³/mol. The predicted octanol–water partition coefficient (Wildman–Crippen LogP) is 6.94. The molecule has 0 spiro atoms. The Morgan fingerprint density at radius 3 is 2.71 bits per heavy atom. The molecule has 5 heteroatoms. The summed E-state index contributed by atoms with van der Waals surface area (Å²) in [6.07, 6.45) is 6.58. The molecule has 1 N–H and O–H groups in total. The van der Waals surface area contributed by atoms with Crippen LogP contribution < -0.4 is 5.32 Å². The van der Waals surface area contributed by atoms with Gasteiger partial charge in [0.05, 0.1) is 5.39 Å². The van der Waals surface area contributed by atoms with Crippen LogP contribution in [-0.4, -0.2) is 9.97 Å². The van der Waals surface area contributed by atoms with E-state index in [0.717, 1.165) is 32.3 Å². The van der Waals surface area contributed by atoms with Gasteiger partial charge in [0.25, 0.3) is 0 Å². The standard InChI is InChI=1S/C23H20ClN3S/c1-14-6-9-18(11-20(14)24)27-22-21-19(12-28-23(21)26-13-25-22)17-8-7-15-4-2-3-5-16(15)10-17/h6-13H,2-5H2,1H3,(H,25,26,27). The van der Waals surface area contributed by atoms with Gasteiger partial charge in [-0.25, -0.2) is 9.97 Å². The number of nitrogens with zero attached hydrogens (tertiary/aromatic N) is 2. The number of halogens is 1. The van der Waals surface area contributed by atoms with Crippen LogP contribution >= 0.6 is 22.9 Å². The van der Waals surface area contributed by atoms with Crippen LogP contribution in [0.4, 0.5) is 11.5 Å². The van der Waals surface area contributed by atoms with Crippen molar-refractivity contribution in [3.63, 3.8) is 0 Å². The van der Waals surface area contributed by atoms with E-state index in [4.69, 9.17) is 11.6 Å². The molecule has 0 atom stereocenters. The topological polar surface area (TPSA) is 37.8 Å². The van der Waals surface area contributed by atoms with Gasteiger partial charge >= 0.3 is 0 Å². The molecule has 0 fully saturated rings. The second kappa shape index (κ2) is 7.19. The molecule has 140 valence electrons. The molecular formula is C23H20ClN3S. The largest absolute Gasteiger partial charge is 0.340 e. The fourth-order valence-corrected chi connectivity index (χ4v) is 4.99. The van der Waals surface area contributed by atoms with E-state index in [2.05, 4.69) is 38.9 Å². The SMILES string of the molecule is Cc1ccc(Nc2ncnc3scc(-c4ccc5c(c4)CCCC5)c23)cc1Cl. The van der Waals surface area contributed by atoms with Crippen molar-refractivity contribution in [3.05, 3.63) is 69.8 Å². The summed E-state index contributed by atoms with van der Waals surface area (Å²) in [5.41, 5.74) is 7.41. The summed E-state index contributed by atoms with van der Waals surface area (Å²) < 4.78 is 0. The molecule has 28 heavy (non-hydrogen) atoms. The second-order valence-electron chi connectivity index (χ2n) is 7.33. The highest BCUT2D eigenvalue weighted by molar-refractivity contribution is 7.17. The van der Waals surface area contributed by atoms with Crippen LogP contribution in [0.25, 0.3) is 21.3 Å². The Morgan fingerprint density at radius 2 is 1.86 bits per heavy atom.